The fourth-order valence-electron chi connectivity index (χ4n) is 2.50. The molecule has 2 aromatic rings. The quantitative estimate of drug-likeness (QED) is 0.564. The fourth-order valence-corrected chi connectivity index (χ4v) is 2.86. The molecule has 0 aliphatic carbocycles. The van der Waals surface area contributed by atoms with Crippen LogP contribution in [-0.2, 0) is 4.79 Å². The number of carbonyl (C=O) groups is 1. The molecule has 0 radical (unpaired) electrons. The molecule has 0 bridgehead atoms. The van der Waals surface area contributed by atoms with Crippen molar-refractivity contribution in [2.24, 2.45) is 5.10 Å². The summed E-state index contributed by atoms with van der Waals surface area (Å²) in [6, 6.07) is 12.6. The molecule has 0 fully saturated rings. The van der Waals surface area contributed by atoms with Gasteiger partial charge in [0.1, 0.15) is 0 Å². The highest BCUT2D eigenvalue weighted by Crippen LogP contribution is 2.30. The van der Waals surface area contributed by atoms with Gasteiger partial charge < -0.3 is 9.84 Å². The van der Waals surface area contributed by atoms with Crippen LogP contribution in [0.25, 0.3) is 6.08 Å². The van der Waals surface area contributed by atoms with E-state index in [9.17, 15) is 9.90 Å². The van der Waals surface area contributed by atoms with E-state index in [0.717, 1.165) is 14.8 Å². The minimum atomic E-state index is -0.176. The third-order valence-electron chi connectivity index (χ3n) is 3.73. The van der Waals surface area contributed by atoms with Crippen LogP contribution in [0.2, 0.25) is 0 Å². The average Bonchev–Trinajstić information content (AvgIpc) is 2.87. The maximum absolute atomic E-state index is 12.7. The second-order valence-corrected chi connectivity index (χ2v) is 6.74. The van der Waals surface area contributed by atoms with Crippen molar-refractivity contribution in [3.05, 3.63) is 57.2 Å². The molecule has 25 heavy (non-hydrogen) atoms. The van der Waals surface area contributed by atoms with Crippen molar-refractivity contribution < 1.29 is 14.6 Å². The summed E-state index contributed by atoms with van der Waals surface area (Å²) >= 11 is 2.22. The monoisotopic (exact) mass is 448 g/mol. The number of aromatic hydroxyl groups is 1. The van der Waals surface area contributed by atoms with Crippen LogP contribution in [0.1, 0.15) is 19.4 Å². The van der Waals surface area contributed by atoms with Gasteiger partial charge in [-0.1, -0.05) is 6.07 Å². The van der Waals surface area contributed by atoms with Crippen molar-refractivity contribution in [3.8, 4) is 11.5 Å². The number of hydrogen-bond donors (Lipinski definition) is 1. The number of hydrogen-bond acceptors (Lipinski definition) is 4. The van der Waals surface area contributed by atoms with Gasteiger partial charge in [0.15, 0.2) is 11.5 Å². The summed E-state index contributed by atoms with van der Waals surface area (Å²) < 4.78 is 6.49. The lowest BCUT2D eigenvalue weighted by molar-refractivity contribution is -0.114. The average molecular weight is 448 g/mol. The third kappa shape index (κ3) is 3.68. The molecule has 2 aromatic carbocycles. The molecule has 0 saturated heterocycles. The molecule has 0 unspecified atom stereocenters. The van der Waals surface area contributed by atoms with Crippen molar-refractivity contribution in [2.75, 3.05) is 11.6 Å². The SMILES string of the molecule is CCOc1cc(C=C2C(=O)N(c3ccc(I)cc3)N=C2C)ccc1O. The number of amides is 1. The van der Waals surface area contributed by atoms with Crippen molar-refractivity contribution in [1.29, 1.82) is 0 Å². The molecule has 6 heteroatoms. The standard InChI is InChI=1S/C19H17IN2O3/c1-3-25-18-11-13(4-9-17(18)23)10-16-12(2)21-22(19(16)24)15-7-5-14(20)6-8-15/h4-11,23H,3H2,1-2H3. The first kappa shape index (κ1) is 17.5. The minimum Gasteiger partial charge on any atom is -0.504 e. The molecule has 1 N–H and O–H groups in total. The molecule has 1 aliphatic rings. The van der Waals surface area contributed by atoms with Crippen LogP contribution >= 0.6 is 22.6 Å². The number of halogens is 1. The van der Waals surface area contributed by atoms with Crippen molar-refractivity contribution in [1.82, 2.24) is 0 Å². The summed E-state index contributed by atoms with van der Waals surface area (Å²) in [7, 11) is 0. The van der Waals surface area contributed by atoms with Gasteiger partial charge in [0, 0.05) is 3.57 Å². The Kier molecular flexibility index (Phi) is 5.08. The smallest absolute Gasteiger partial charge is 0.280 e. The van der Waals surface area contributed by atoms with Gasteiger partial charge in [0.2, 0.25) is 0 Å². The van der Waals surface area contributed by atoms with Gasteiger partial charge in [-0.05, 0) is 84.5 Å². The van der Waals surface area contributed by atoms with Gasteiger partial charge >= 0.3 is 0 Å². The van der Waals surface area contributed by atoms with E-state index < -0.39 is 0 Å². The Balaban J connectivity index is 1.92. The first-order valence-corrected chi connectivity index (χ1v) is 8.90. The fraction of sp³-hybridized carbons (Fsp3) is 0.158. The zero-order chi connectivity index (χ0) is 18.0. The summed E-state index contributed by atoms with van der Waals surface area (Å²) in [5, 5.41) is 15.6. The van der Waals surface area contributed by atoms with Crippen LogP contribution in [0, 0.1) is 3.57 Å². The summed E-state index contributed by atoms with van der Waals surface area (Å²) in [6.07, 6.45) is 1.76. The normalized spacial score (nSPS) is 15.6. The van der Waals surface area contributed by atoms with Crippen LogP contribution in [0.5, 0.6) is 11.5 Å². The Morgan fingerprint density at radius 3 is 2.64 bits per heavy atom. The van der Waals surface area contributed by atoms with E-state index in [1.54, 1.807) is 31.2 Å². The molecular weight excluding hydrogens is 431 g/mol. The number of rotatable bonds is 4. The van der Waals surface area contributed by atoms with Gasteiger partial charge in [0.25, 0.3) is 5.91 Å². The lowest BCUT2D eigenvalue weighted by atomic mass is 10.1. The lowest BCUT2D eigenvalue weighted by Gasteiger charge is -2.11. The molecule has 1 heterocycles. The van der Waals surface area contributed by atoms with Crippen molar-refractivity contribution in [2.45, 2.75) is 13.8 Å². The second-order valence-electron chi connectivity index (χ2n) is 5.50. The van der Waals surface area contributed by atoms with Crippen LogP contribution in [0.3, 0.4) is 0 Å². The maximum Gasteiger partial charge on any atom is 0.280 e. The van der Waals surface area contributed by atoms with Crippen LogP contribution in [0.4, 0.5) is 5.69 Å². The predicted molar refractivity (Wildman–Crippen MR) is 107 cm³/mol. The highest BCUT2D eigenvalue weighted by atomic mass is 127. The third-order valence-corrected chi connectivity index (χ3v) is 4.45. The molecular formula is C19H17IN2O3. The number of anilines is 1. The molecule has 1 aliphatic heterocycles. The molecule has 128 valence electrons. The van der Waals surface area contributed by atoms with Crippen molar-refractivity contribution in [3.63, 3.8) is 0 Å². The van der Waals surface area contributed by atoms with Crippen LogP contribution in [0.15, 0.2) is 53.1 Å². The van der Waals surface area contributed by atoms with Crippen LogP contribution < -0.4 is 9.75 Å². The first-order valence-electron chi connectivity index (χ1n) is 7.82. The molecule has 0 aromatic heterocycles. The number of benzene rings is 2. The molecule has 0 spiro atoms. The zero-order valence-corrected chi connectivity index (χ0v) is 16.0. The van der Waals surface area contributed by atoms with E-state index in [1.807, 2.05) is 31.2 Å². The molecule has 5 nitrogen and oxygen atoms in total. The molecule has 1 amide bonds. The van der Waals surface area contributed by atoms with E-state index in [2.05, 4.69) is 27.7 Å². The largest absolute Gasteiger partial charge is 0.504 e. The Labute approximate surface area is 159 Å². The van der Waals surface area contributed by atoms with Crippen LogP contribution in [-0.4, -0.2) is 23.3 Å². The minimum absolute atomic E-state index is 0.0765. The summed E-state index contributed by atoms with van der Waals surface area (Å²) in [6.45, 7) is 4.11. The summed E-state index contributed by atoms with van der Waals surface area (Å²) in [5.41, 5.74) is 2.67. The maximum atomic E-state index is 12.7. The number of phenolic OH excluding ortho intramolecular Hbond substituents is 1. The second kappa shape index (κ2) is 7.26. The number of carbonyl (C=O) groups excluding carboxylic acids is 1. The van der Waals surface area contributed by atoms with Gasteiger partial charge in [-0.15, -0.1) is 0 Å². The lowest BCUT2D eigenvalue weighted by Crippen LogP contribution is -2.21. The zero-order valence-electron chi connectivity index (χ0n) is 13.9. The number of ether oxygens (including phenoxy) is 1. The van der Waals surface area contributed by atoms with E-state index in [1.165, 1.54) is 5.01 Å². The van der Waals surface area contributed by atoms with Crippen molar-refractivity contribution >= 4 is 46.0 Å². The first-order chi connectivity index (χ1) is 12.0. The topological polar surface area (TPSA) is 62.1 Å². The van der Waals surface area contributed by atoms with E-state index in [4.69, 9.17) is 4.74 Å². The Hall–Kier alpha value is -2.35. The Bertz CT molecular complexity index is 873. The van der Waals surface area contributed by atoms with Gasteiger partial charge in [0.05, 0.1) is 23.6 Å². The highest BCUT2D eigenvalue weighted by Gasteiger charge is 2.28. The Morgan fingerprint density at radius 1 is 1.24 bits per heavy atom. The van der Waals surface area contributed by atoms with E-state index in [-0.39, 0.29) is 11.7 Å². The van der Waals surface area contributed by atoms with Gasteiger partial charge in [-0.3, -0.25) is 4.79 Å². The van der Waals surface area contributed by atoms with Gasteiger partial charge in [-0.2, -0.15) is 10.1 Å². The van der Waals surface area contributed by atoms with E-state index >= 15 is 0 Å². The number of phenols is 1. The van der Waals surface area contributed by atoms with Gasteiger partial charge in [-0.25, -0.2) is 0 Å². The highest BCUT2D eigenvalue weighted by molar-refractivity contribution is 14.1. The molecule has 0 saturated carbocycles. The molecule has 3 rings (SSSR count). The predicted octanol–water partition coefficient (Wildman–Crippen LogP) is 4.20. The number of hydrazone groups is 1. The number of nitrogens with zero attached hydrogens (tertiary/aromatic N) is 2. The van der Waals surface area contributed by atoms with E-state index in [0.29, 0.717) is 23.6 Å². The summed E-state index contributed by atoms with van der Waals surface area (Å²) in [5.74, 6) is 0.295. The molecule has 0 atom stereocenters. The summed E-state index contributed by atoms with van der Waals surface area (Å²) in [4.78, 5) is 12.7. The Morgan fingerprint density at radius 2 is 1.96 bits per heavy atom.